The summed E-state index contributed by atoms with van der Waals surface area (Å²) in [5.74, 6) is -0.821. The maximum atomic E-state index is 10.6. The minimum absolute atomic E-state index is 0.765. The molecule has 2 aliphatic rings. The van der Waals surface area contributed by atoms with Gasteiger partial charge in [-0.05, 0) is 6.54 Å². The van der Waals surface area contributed by atoms with Crippen molar-refractivity contribution in [2.75, 3.05) is 63.3 Å². The fourth-order valence-electron chi connectivity index (χ4n) is 2.98. The lowest BCUT2D eigenvalue weighted by molar-refractivity contribution is -0.192. The number of carbonyl (C=O) groups is 1. The summed E-state index contributed by atoms with van der Waals surface area (Å²) in [5.41, 5.74) is 2.52. The number of morpholine rings is 1. The Morgan fingerprint density at radius 3 is 2.32 bits per heavy atom. The molecule has 0 bridgehead atoms. The number of fused-ring (bicyclic) bond motifs is 1. The van der Waals surface area contributed by atoms with E-state index in [2.05, 4.69) is 35.7 Å². The van der Waals surface area contributed by atoms with Crippen LogP contribution in [0.1, 0.15) is 18.2 Å². The van der Waals surface area contributed by atoms with Gasteiger partial charge in [0.15, 0.2) is 0 Å². The lowest BCUT2D eigenvalue weighted by atomic mass is 10.1. The Hall–Kier alpha value is -2.14. The zero-order valence-electron chi connectivity index (χ0n) is 16.3. The highest BCUT2D eigenvalue weighted by atomic mass is 19.4. The number of aliphatic carboxylic acids is 1. The van der Waals surface area contributed by atoms with Crippen LogP contribution >= 0.6 is 0 Å². The number of carboxylic acid groups (broad SMARTS) is 1. The summed E-state index contributed by atoms with van der Waals surface area (Å²) >= 11 is 0. The van der Waals surface area contributed by atoms with E-state index < -0.39 is 12.1 Å². The summed E-state index contributed by atoms with van der Waals surface area (Å²) in [4.78, 5) is 25.4. The SMILES string of the molecule is CCN1CCc2nc(N3CCOCC3)nc(N(C)C)c2C1.O=C(O)C(F)(F)F. The van der Waals surface area contributed by atoms with Crippen molar-refractivity contribution < 1.29 is 27.8 Å². The van der Waals surface area contributed by atoms with Crippen LogP contribution in [-0.2, 0) is 22.5 Å². The highest BCUT2D eigenvalue weighted by molar-refractivity contribution is 5.73. The van der Waals surface area contributed by atoms with Crippen LogP contribution in [0.5, 0.6) is 0 Å². The monoisotopic (exact) mass is 405 g/mol. The molecule has 0 unspecified atom stereocenters. The first-order valence-electron chi connectivity index (χ1n) is 9.05. The largest absolute Gasteiger partial charge is 0.490 e. The van der Waals surface area contributed by atoms with Crippen molar-refractivity contribution in [1.29, 1.82) is 0 Å². The molecule has 0 amide bonds. The molecular formula is C17H26F3N5O3. The summed E-state index contributed by atoms with van der Waals surface area (Å²) in [7, 11) is 4.13. The van der Waals surface area contributed by atoms with Gasteiger partial charge in [0.25, 0.3) is 0 Å². The fourth-order valence-corrected chi connectivity index (χ4v) is 2.98. The van der Waals surface area contributed by atoms with E-state index in [0.717, 1.165) is 64.1 Å². The molecule has 11 heteroatoms. The number of aromatic nitrogens is 2. The molecule has 2 aliphatic heterocycles. The number of ether oxygens (including phenoxy) is 1. The summed E-state index contributed by atoms with van der Waals surface area (Å²) in [6.07, 6.45) is -4.07. The third-order valence-electron chi connectivity index (χ3n) is 4.51. The first kappa shape index (κ1) is 22.2. The number of hydrogen-bond donors (Lipinski definition) is 1. The van der Waals surface area contributed by atoms with Gasteiger partial charge < -0.3 is 19.6 Å². The first-order chi connectivity index (χ1) is 13.1. The highest BCUT2D eigenvalue weighted by Gasteiger charge is 2.38. The lowest BCUT2D eigenvalue weighted by Gasteiger charge is -2.32. The van der Waals surface area contributed by atoms with E-state index in [4.69, 9.17) is 24.6 Å². The molecule has 0 saturated carbocycles. The van der Waals surface area contributed by atoms with E-state index in [1.54, 1.807) is 0 Å². The Morgan fingerprint density at radius 2 is 1.82 bits per heavy atom. The van der Waals surface area contributed by atoms with Crippen LogP contribution in [0.15, 0.2) is 0 Å². The molecule has 0 radical (unpaired) electrons. The maximum Gasteiger partial charge on any atom is 0.490 e. The van der Waals surface area contributed by atoms with Gasteiger partial charge >= 0.3 is 12.1 Å². The summed E-state index contributed by atoms with van der Waals surface area (Å²) < 4.78 is 37.2. The molecule has 158 valence electrons. The Balaban J connectivity index is 0.000000345. The van der Waals surface area contributed by atoms with Crippen LogP contribution < -0.4 is 9.80 Å². The molecule has 8 nitrogen and oxygen atoms in total. The second-order valence-corrected chi connectivity index (χ2v) is 6.69. The predicted molar refractivity (Wildman–Crippen MR) is 97.7 cm³/mol. The van der Waals surface area contributed by atoms with Crippen molar-refractivity contribution >= 4 is 17.7 Å². The molecule has 0 atom stereocenters. The summed E-state index contributed by atoms with van der Waals surface area (Å²) in [6.45, 7) is 8.64. The van der Waals surface area contributed by atoms with Crippen molar-refractivity contribution in [3.05, 3.63) is 11.3 Å². The third-order valence-corrected chi connectivity index (χ3v) is 4.51. The number of rotatable bonds is 3. The molecular weight excluding hydrogens is 379 g/mol. The number of carboxylic acids is 1. The van der Waals surface area contributed by atoms with Crippen molar-refractivity contribution in [2.45, 2.75) is 26.1 Å². The zero-order valence-corrected chi connectivity index (χ0v) is 16.3. The maximum absolute atomic E-state index is 10.6. The van der Waals surface area contributed by atoms with Gasteiger partial charge in [0.2, 0.25) is 5.95 Å². The topological polar surface area (TPSA) is 82.0 Å². The quantitative estimate of drug-likeness (QED) is 0.808. The Labute approximate surface area is 161 Å². The van der Waals surface area contributed by atoms with Crippen molar-refractivity contribution in [3.8, 4) is 0 Å². The summed E-state index contributed by atoms with van der Waals surface area (Å²) in [6, 6.07) is 0. The van der Waals surface area contributed by atoms with E-state index in [0.29, 0.717) is 0 Å². The van der Waals surface area contributed by atoms with Gasteiger partial charge in [-0.15, -0.1) is 0 Å². The average Bonchev–Trinajstić information content (AvgIpc) is 2.67. The first-order valence-corrected chi connectivity index (χ1v) is 9.05. The lowest BCUT2D eigenvalue weighted by Crippen LogP contribution is -2.39. The van der Waals surface area contributed by atoms with Gasteiger partial charge in [-0.2, -0.15) is 18.2 Å². The van der Waals surface area contributed by atoms with Gasteiger partial charge in [-0.1, -0.05) is 6.92 Å². The van der Waals surface area contributed by atoms with Gasteiger partial charge in [0, 0.05) is 52.3 Å². The van der Waals surface area contributed by atoms with Gasteiger partial charge in [-0.25, -0.2) is 9.78 Å². The van der Waals surface area contributed by atoms with E-state index in [-0.39, 0.29) is 0 Å². The van der Waals surface area contributed by atoms with E-state index >= 15 is 0 Å². The molecule has 3 rings (SSSR count). The van der Waals surface area contributed by atoms with Gasteiger partial charge in [-0.3, -0.25) is 4.90 Å². The Kier molecular flexibility index (Phi) is 7.41. The van der Waals surface area contributed by atoms with Crippen LogP contribution in [0, 0.1) is 0 Å². The third kappa shape index (κ3) is 5.68. The van der Waals surface area contributed by atoms with Crippen molar-refractivity contribution in [3.63, 3.8) is 0 Å². The number of nitrogens with zero attached hydrogens (tertiary/aromatic N) is 5. The standard InChI is InChI=1S/C15H25N5O.C2HF3O2/c1-4-19-6-5-13-12(11-19)14(18(2)3)17-15(16-13)20-7-9-21-10-8-20;3-2(4,5)1(6)7/h4-11H2,1-3H3;(H,6,7). The molecule has 1 aromatic rings. The molecule has 1 fully saturated rings. The highest BCUT2D eigenvalue weighted by Crippen LogP contribution is 2.28. The number of halogens is 3. The van der Waals surface area contributed by atoms with Crippen LogP contribution in [0.25, 0.3) is 0 Å². The van der Waals surface area contributed by atoms with Crippen LogP contribution in [0.2, 0.25) is 0 Å². The van der Waals surface area contributed by atoms with Crippen LogP contribution in [-0.4, -0.2) is 85.6 Å². The Bertz CT molecular complexity index is 679. The molecule has 0 aliphatic carbocycles. The molecule has 1 N–H and O–H groups in total. The summed E-state index contributed by atoms with van der Waals surface area (Å²) in [5, 5.41) is 7.12. The second-order valence-electron chi connectivity index (χ2n) is 6.69. The van der Waals surface area contributed by atoms with Gasteiger partial charge in [0.05, 0.1) is 18.9 Å². The molecule has 0 aromatic carbocycles. The molecule has 1 saturated heterocycles. The van der Waals surface area contributed by atoms with E-state index in [1.165, 1.54) is 11.3 Å². The Morgan fingerprint density at radius 1 is 1.21 bits per heavy atom. The molecule has 0 spiro atoms. The molecule has 3 heterocycles. The second kappa shape index (κ2) is 9.37. The molecule has 1 aromatic heterocycles. The fraction of sp³-hybridized carbons (Fsp3) is 0.706. The zero-order chi connectivity index (χ0) is 20.9. The van der Waals surface area contributed by atoms with E-state index in [9.17, 15) is 13.2 Å². The number of hydrogen-bond acceptors (Lipinski definition) is 7. The smallest absolute Gasteiger partial charge is 0.475 e. The predicted octanol–water partition coefficient (Wildman–Crippen LogP) is 1.39. The number of alkyl halides is 3. The van der Waals surface area contributed by atoms with Crippen molar-refractivity contribution in [1.82, 2.24) is 14.9 Å². The van der Waals surface area contributed by atoms with Crippen molar-refractivity contribution in [2.24, 2.45) is 0 Å². The normalized spacial score (nSPS) is 17.4. The number of likely N-dealkylation sites (N-methyl/N-ethyl adjacent to an activating group) is 1. The van der Waals surface area contributed by atoms with Crippen LogP contribution in [0.4, 0.5) is 24.9 Å². The number of anilines is 2. The van der Waals surface area contributed by atoms with Crippen LogP contribution in [0.3, 0.4) is 0 Å². The minimum atomic E-state index is -5.08. The van der Waals surface area contributed by atoms with Gasteiger partial charge in [0.1, 0.15) is 5.82 Å². The van der Waals surface area contributed by atoms with E-state index in [1.807, 2.05) is 0 Å². The molecule has 28 heavy (non-hydrogen) atoms. The minimum Gasteiger partial charge on any atom is -0.475 e. The average molecular weight is 405 g/mol.